The standard InChI is InChI=1S/C19H24N2O4S/c1-4-24-18(22)10-7-11-20-19(23)15-8-5-6-9-17(15)26-12-16-13(2)21-25-14(16)3/h5-6,8-9H,4,7,10-12H2,1-3H3,(H,20,23). The smallest absolute Gasteiger partial charge is 0.305 e. The number of aryl methyl sites for hydroxylation is 2. The summed E-state index contributed by atoms with van der Waals surface area (Å²) >= 11 is 1.58. The van der Waals surface area contributed by atoms with E-state index in [9.17, 15) is 9.59 Å². The average molecular weight is 376 g/mol. The highest BCUT2D eigenvalue weighted by Crippen LogP contribution is 2.28. The van der Waals surface area contributed by atoms with E-state index in [4.69, 9.17) is 9.26 Å². The summed E-state index contributed by atoms with van der Waals surface area (Å²) in [5.41, 5.74) is 2.55. The van der Waals surface area contributed by atoms with Gasteiger partial charge in [-0.15, -0.1) is 11.8 Å². The summed E-state index contributed by atoms with van der Waals surface area (Å²) in [6.45, 7) is 6.38. The first kappa shape index (κ1) is 20.0. The second-order valence-electron chi connectivity index (χ2n) is 5.75. The fraction of sp³-hybridized carbons (Fsp3) is 0.421. The Morgan fingerprint density at radius 1 is 1.27 bits per heavy atom. The zero-order valence-electron chi connectivity index (χ0n) is 15.3. The van der Waals surface area contributed by atoms with Gasteiger partial charge in [0.25, 0.3) is 5.91 Å². The van der Waals surface area contributed by atoms with E-state index in [0.717, 1.165) is 21.9 Å². The normalized spacial score (nSPS) is 10.6. The van der Waals surface area contributed by atoms with Crippen molar-refractivity contribution in [3.63, 3.8) is 0 Å². The molecular weight excluding hydrogens is 352 g/mol. The molecule has 0 aliphatic heterocycles. The quantitative estimate of drug-likeness (QED) is 0.409. The van der Waals surface area contributed by atoms with E-state index >= 15 is 0 Å². The van der Waals surface area contributed by atoms with Crippen LogP contribution in [0.1, 0.15) is 47.1 Å². The lowest BCUT2D eigenvalue weighted by atomic mass is 10.2. The molecule has 140 valence electrons. The van der Waals surface area contributed by atoms with E-state index in [0.29, 0.717) is 37.3 Å². The van der Waals surface area contributed by atoms with Gasteiger partial charge in [-0.25, -0.2) is 0 Å². The first-order valence-corrected chi connectivity index (χ1v) is 9.58. The van der Waals surface area contributed by atoms with E-state index in [1.54, 1.807) is 24.8 Å². The maximum Gasteiger partial charge on any atom is 0.305 e. The van der Waals surface area contributed by atoms with Crippen molar-refractivity contribution in [1.82, 2.24) is 10.5 Å². The highest BCUT2D eigenvalue weighted by Gasteiger charge is 2.14. The number of carbonyl (C=O) groups is 2. The molecule has 1 amide bonds. The van der Waals surface area contributed by atoms with Crippen molar-refractivity contribution in [3.8, 4) is 0 Å². The van der Waals surface area contributed by atoms with Crippen molar-refractivity contribution in [1.29, 1.82) is 0 Å². The number of carbonyl (C=O) groups excluding carboxylic acids is 2. The van der Waals surface area contributed by atoms with Crippen molar-refractivity contribution in [2.24, 2.45) is 0 Å². The second kappa shape index (κ2) is 10.0. The highest BCUT2D eigenvalue weighted by atomic mass is 32.2. The number of esters is 1. The Morgan fingerprint density at radius 2 is 2.04 bits per heavy atom. The number of benzene rings is 1. The Morgan fingerprint density at radius 3 is 2.73 bits per heavy atom. The van der Waals surface area contributed by atoms with Crippen LogP contribution in [-0.2, 0) is 15.3 Å². The van der Waals surface area contributed by atoms with Gasteiger partial charge < -0.3 is 14.6 Å². The molecule has 0 saturated carbocycles. The third-order valence-corrected chi connectivity index (χ3v) is 4.93. The Balaban J connectivity index is 1.91. The topological polar surface area (TPSA) is 81.4 Å². The van der Waals surface area contributed by atoms with Gasteiger partial charge in [0, 0.05) is 29.2 Å². The lowest BCUT2D eigenvalue weighted by molar-refractivity contribution is -0.143. The van der Waals surface area contributed by atoms with Gasteiger partial charge in [0.15, 0.2) is 0 Å². The van der Waals surface area contributed by atoms with Crippen LogP contribution in [0.15, 0.2) is 33.7 Å². The molecule has 26 heavy (non-hydrogen) atoms. The van der Waals surface area contributed by atoms with Crippen LogP contribution in [0, 0.1) is 13.8 Å². The number of nitrogens with one attached hydrogen (secondary N) is 1. The van der Waals surface area contributed by atoms with E-state index in [2.05, 4.69) is 10.5 Å². The molecule has 0 atom stereocenters. The monoisotopic (exact) mass is 376 g/mol. The molecule has 1 heterocycles. The van der Waals surface area contributed by atoms with Gasteiger partial charge in [-0.1, -0.05) is 17.3 Å². The predicted octanol–water partition coefficient (Wildman–Crippen LogP) is 3.66. The zero-order chi connectivity index (χ0) is 18.9. The molecule has 0 bridgehead atoms. The number of rotatable bonds is 9. The van der Waals surface area contributed by atoms with Crippen LogP contribution in [0.3, 0.4) is 0 Å². The van der Waals surface area contributed by atoms with Gasteiger partial charge in [0.1, 0.15) is 5.76 Å². The van der Waals surface area contributed by atoms with Crippen molar-refractivity contribution in [2.45, 2.75) is 44.3 Å². The number of thioether (sulfide) groups is 1. The molecule has 1 N–H and O–H groups in total. The van der Waals surface area contributed by atoms with Gasteiger partial charge in [0.2, 0.25) is 0 Å². The minimum atomic E-state index is -0.239. The second-order valence-corrected chi connectivity index (χ2v) is 6.77. The minimum absolute atomic E-state index is 0.143. The molecule has 0 unspecified atom stereocenters. The fourth-order valence-electron chi connectivity index (χ4n) is 2.40. The molecule has 0 aliphatic carbocycles. The summed E-state index contributed by atoms with van der Waals surface area (Å²) < 4.78 is 10.1. The van der Waals surface area contributed by atoms with Crippen molar-refractivity contribution in [2.75, 3.05) is 13.2 Å². The van der Waals surface area contributed by atoms with E-state index in [-0.39, 0.29) is 11.9 Å². The van der Waals surface area contributed by atoms with Crippen LogP contribution < -0.4 is 5.32 Å². The van der Waals surface area contributed by atoms with Crippen LogP contribution in [0.25, 0.3) is 0 Å². The molecule has 2 aromatic rings. The maximum absolute atomic E-state index is 12.5. The third kappa shape index (κ3) is 5.62. The highest BCUT2D eigenvalue weighted by molar-refractivity contribution is 7.98. The molecule has 7 heteroatoms. The molecular formula is C19H24N2O4S. The third-order valence-electron chi connectivity index (χ3n) is 3.83. The molecule has 1 aromatic carbocycles. The van der Waals surface area contributed by atoms with Gasteiger partial charge in [0.05, 0.1) is 17.9 Å². The number of aromatic nitrogens is 1. The van der Waals surface area contributed by atoms with Gasteiger partial charge >= 0.3 is 5.97 Å². The molecule has 2 rings (SSSR count). The predicted molar refractivity (Wildman–Crippen MR) is 100 cm³/mol. The fourth-order valence-corrected chi connectivity index (χ4v) is 3.60. The maximum atomic E-state index is 12.5. The van der Waals surface area contributed by atoms with Crippen LogP contribution in [0.5, 0.6) is 0 Å². The molecule has 1 aromatic heterocycles. The number of hydrogen-bond donors (Lipinski definition) is 1. The molecule has 0 radical (unpaired) electrons. The van der Waals surface area contributed by atoms with Crippen molar-refractivity contribution in [3.05, 3.63) is 46.8 Å². The summed E-state index contributed by atoms with van der Waals surface area (Å²) in [5, 5.41) is 6.82. The zero-order valence-corrected chi connectivity index (χ0v) is 16.1. The van der Waals surface area contributed by atoms with Crippen molar-refractivity contribution >= 4 is 23.6 Å². The van der Waals surface area contributed by atoms with Crippen LogP contribution in [0.2, 0.25) is 0 Å². The van der Waals surface area contributed by atoms with Gasteiger partial charge in [-0.3, -0.25) is 9.59 Å². The number of nitrogens with zero attached hydrogens (tertiary/aromatic N) is 1. The molecule has 0 fully saturated rings. The number of ether oxygens (including phenoxy) is 1. The number of hydrogen-bond acceptors (Lipinski definition) is 6. The summed E-state index contributed by atoms with van der Waals surface area (Å²) in [7, 11) is 0. The Kier molecular flexibility index (Phi) is 7.72. The molecule has 0 spiro atoms. The first-order chi connectivity index (χ1) is 12.5. The van der Waals surface area contributed by atoms with Crippen molar-refractivity contribution < 1.29 is 18.8 Å². The minimum Gasteiger partial charge on any atom is -0.466 e. The summed E-state index contributed by atoms with van der Waals surface area (Å²) in [6, 6.07) is 7.48. The molecule has 6 nitrogen and oxygen atoms in total. The Labute approximate surface area is 157 Å². The van der Waals surface area contributed by atoms with Crippen LogP contribution in [0.4, 0.5) is 0 Å². The van der Waals surface area contributed by atoms with Crippen LogP contribution in [-0.4, -0.2) is 30.2 Å². The van der Waals surface area contributed by atoms with E-state index < -0.39 is 0 Å². The first-order valence-electron chi connectivity index (χ1n) is 8.60. The van der Waals surface area contributed by atoms with Gasteiger partial charge in [-0.05, 0) is 39.3 Å². The summed E-state index contributed by atoms with van der Waals surface area (Å²) in [5.74, 6) is 1.11. The van der Waals surface area contributed by atoms with E-state index in [1.807, 2.05) is 32.0 Å². The number of amides is 1. The Hall–Kier alpha value is -2.28. The SMILES string of the molecule is CCOC(=O)CCCNC(=O)c1ccccc1SCc1c(C)noc1C. The lowest BCUT2D eigenvalue weighted by Crippen LogP contribution is -2.25. The molecule has 0 aliphatic rings. The summed E-state index contributed by atoms with van der Waals surface area (Å²) in [4.78, 5) is 24.7. The van der Waals surface area contributed by atoms with E-state index in [1.165, 1.54) is 0 Å². The molecule has 0 saturated heterocycles. The Bertz CT molecular complexity index is 738. The average Bonchev–Trinajstić information content (AvgIpc) is 2.95. The van der Waals surface area contributed by atoms with Gasteiger partial charge in [-0.2, -0.15) is 0 Å². The van der Waals surface area contributed by atoms with Crippen LogP contribution >= 0.6 is 11.8 Å². The summed E-state index contributed by atoms with van der Waals surface area (Å²) in [6.07, 6.45) is 0.857. The lowest BCUT2D eigenvalue weighted by Gasteiger charge is -2.10. The largest absolute Gasteiger partial charge is 0.466 e.